The fourth-order valence-corrected chi connectivity index (χ4v) is 3.71. The maximum absolute atomic E-state index is 13.1. The number of carbonyl (C=O) groups excluding carboxylic acids is 1. The zero-order chi connectivity index (χ0) is 25.9. The van der Waals surface area contributed by atoms with Crippen LogP contribution in [0.1, 0.15) is 34.0 Å². The van der Waals surface area contributed by atoms with E-state index >= 15 is 0 Å². The number of rotatable bonds is 12. The van der Waals surface area contributed by atoms with Gasteiger partial charge in [0.2, 0.25) is 0 Å². The number of ketones is 1. The minimum absolute atomic E-state index is 0.176. The van der Waals surface area contributed by atoms with Crippen molar-refractivity contribution in [3.63, 3.8) is 0 Å². The molecule has 188 valence electrons. The first-order valence-corrected chi connectivity index (χ1v) is 12.2. The number of methoxy groups -OCH3 is 1. The molecule has 0 fully saturated rings. The summed E-state index contributed by atoms with van der Waals surface area (Å²) in [5.74, 6) is 2.25. The van der Waals surface area contributed by atoms with E-state index in [4.69, 9.17) is 18.9 Å². The third kappa shape index (κ3) is 7.24. The van der Waals surface area contributed by atoms with Gasteiger partial charge in [-0.05, 0) is 54.5 Å². The third-order valence-electron chi connectivity index (χ3n) is 5.64. The van der Waals surface area contributed by atoms with Crippen LogP contribution in [0.25, 0.3) is 6.08 Å². The number of allylic oxidation sites excluding steroid dienone is 1. The molecule has 0 heterocycles. The summed E-state index contributed by atoms with van der Waals surface area (Å²) in [6.45, 7) is 3.16. The Kier molecular flexibility index (Phi) is 8.97. The van der Waals surface area contributed by atoms with Crippen LogP contribution in [0.4, 0.5) is 0 Å². The molecule has 0 aliphatic rings. The van der Waals surface area contributed by atoms with Crippen molar-refractivity contribution in [2.45, 2.75) is 20.1 Å². The Hall–Kier alpha value is -4.51. The molecule has 4 aromatic carbocycles. The molecule has 0 unspecified atom stereocenters. The molecule has 0 radical (unpaired) electrons. The normalized spacial score (nSPS) is 10.8. The average Bonchev–Trinajstić information content (AvgIpc) is 2.95. The predicted octanol–water partition coefficient (Wildman–Crippen LogP) is 7.15. The van der Waals surface area contributed by atoms with Crippen molar-refractivity contribution < 1.29 is 23.7 Å². The molecule has 0 aliphatic heterocycles. The highest BCUT2D eigenvalue weighted by molar-refractivity contribution is 6.08. The molecule has 0 bridgehead atoms. The first kappa shape index (κ1) is 25.6. The molecule has 4 aromatic rings. The lowest BCUT2D eigenvalue weighted by Gasteiger charge is -2.13. The lowest BCUT2D eigenvalue weighted by atomic mass is 10.1. The predicted molar refractivity (Wildman–Crippen MR) is 146 cm³/mol. The van der Waals surface area contributed by atoms with Gasteiger partial charge in [0.1, 0.15) is 36.2 Å². The van der Waals surface area contributed by atoms with Gasteiger partial charge in [0.05, 0.1) is 19.3 Å². The largest absolute Gasteiger partial charge is 0.497 e. The minimum Gasteiger partial charge on any atom is -0.497 e. The van der Waals surface area contributed by atoms with Crippen LogP contribution in [0.2, 0.25) is 0 Å². The van der Waals surface area contributed by atoms with E-state index < -0.39 is 0 Å². The van der Waals surface area contributed by atoms with Gasteiger partial charge in [-0.2, -0.15) is 0 Å². The van der Waals surface area contributed by atoms with Crippen LogP contribution in [-0.4, -0.2) is 19.5 Å². The van der Waals surface area contributed by atoms with Crippen LogP contribution in [-0.2, 0) is 13.2 Å². The van der Waals surface area contributed by atoms with Crippen molar-refractivity contribution >= 4 is 11.9 Å². The summed E-state index contributed by atoms with van der Waals surface area (Å²) in [6, 6.07) is 30.7. The van der Waals surface area contributed by atoms with Crippen LogP contribution < -0.4 is 18.9 Å². The molecule has 0 N–H and O–H groups in total. The summed E-state index contributed by atoms with van der Waals surface area (Å²) in [4.78, 5) is 13.1. The molecule has 0 saturated carbocycles. The molecule has 0 saturated heterocycles. The van der Waals surface area contributed by atoms with Crippen LogP contribution in [0.3, 0.4) is 0 Å². The van der Waals surface area contributed by atoms with Crippen molar-refractivity contribution in [2.24, 2.45) is 0 Å². The number of carbonyl (C=O) groups is 1. The van der Waals surface area contributed by atoms with E-state index in [0.717, 1.165) is 16.7 Å². The molecule has 4 rings (SSSR count). The second-order valence-electron chi connectivity index (χ2n) is 8.24. The van der Waals surface area contributed by atoms with Crippen molar-refractivity contribution in [1.82, 2.24) is 0 Å². The highest BCUT2D eigenvalue weighted by Crippen LogP contribution is 2.29. The molecule has 0 amide bonds. The standard InChI is InChI=1S/C32H30O5/c1-3-35-32-20-27(34-2)17-18-29(32)30(33)19-15-26-14-16-28(36-22-24-10-6-4-7-11-24)21-31(26)37-23-25-12-8-5-9-13-25/h4-21H,3,22-23H2,1-2H3. The molecule has 0 atom stereocenters. The topological polar surface area (TPSA) is 54.0 Å². The monoisotopic (exact) mass is 494 g/mol. The minimum atomic E-state index is -0.176. The Labute approximate surface area is 217 Å². The van der Waals surface area contributed by atoms with E-state index in [2.05, 4.69) is 0 Å². The Bertz CT molecular complexity index is 1330. The van der Waals surface area contributed by atoms with Crippen molar-refractivity contribution in [3.8, 4) is 23.0 Å². The molecule has 0 aliphatic carbocycles. The molecule has 0 spiro atoms. The summed E-state index contributed by atoms with van der Waals surface area (Å²) in [7, 11) is 1.58. The van der Waals surface area contributed by atoms with Crippen molar-refractivity contribution in [2.75, 3.05) is 13.7 Å². The van der Waals surface area contributed by atoms with E-state index in [1.807, 2.05) is 85.8 Å². The van der Waals surface area contributed by atoms with Crippen LogP contribution in [0.15, 0.2) is 103 Å². The average molecular weight is 495 g/mol. The first-order valence-electron chi connectivity index (χ1n) is 12.2. The van der Waals surface area contributed by atoms with Gasteiger partial charge in [-0.1, -0.05) is 60.7 Å². The maximum atomic E-state index is 13.1. The molecular weight excluding hydrogens is 464 g/mol. The van der Waals surface area contributed by atoms with Gasteiger partial charge >= 0.3 is 0 Å². The Morgan fingerprint density at radius 3 is 1.97 bits per heavy atom. The number of benzene rings is 4. The van der Waals surface area contributed by atoms with E-state index in [-0.39, 0.29) is 5.78 Å². The highest BCUT2D eigenvalue weighted by Gasteiger charge is 2.12. The second kappa shape index (κ2) is 13.0. The summed E-state index contributed by atoms with van der Waals surface area (Å²) >= 11 is 0. The highest BCUT2D eigenvalue weighted by atomic mass is 16.5. The number of hydrogen-bond acceptors (Lipinski definition) is 5. The van der Waals surface area contributed by atoms with E-state index in [1.165, 1.54) is 6.08 Å². The van der Waals surface area contributed by atoms with Gasteiger partial charge in [0, 0.05) is 17.7 Å². The quantitative estimate of drug-likeness (QED) is 0.155. The molecule has 5 nitrogen and oxygen atoms in total. The van der Waals surface area contributed by atoms with Gasteiger partial charge in [0.15, 0.2) is 5.78 Å². The lowest BCUT2D eigenvalue weighted by molar-refractivity contribution is 0.104. The van der Waals surface area contributed by atoms with E-state index in [9.17, 15) is 4.79 Å². The Morgan fingerprint density at radius 2 is 1.32 bits per heavy atom. The zero-order valence-electron chi connectivity index (χ0n) is 21.1. The Balaban J connectivity index is 1.56. The Morgan fingerprint density at radius 1 is 0.703 bits per heavy atom. The van der Waals surface area contributed by atoms with E-state index in [1.54, 1.807) is 31.4 Å². The summed E-state index contributed by atoms with van der Waals surface area (Å²) in [5.41, 5.74) is 3.36. The van der Waals surface area contributed by atoms with Gasteiger partial charge in [-0.25, -0.2) is 0 Å². The van der Waals surface area contributed by atoms with Crippen LogP contribution in [0, 0.1) is 0 Å². The molecule has 5 heteroatoms. The third-order valence-corrected chi connectivity index (χ3v) is 5.64. The zero-order valence-corrected chi connectivity index (χ0v) is 21.1. The molecule has 0 aromatic heterocycles. The van der Waals surface area contributed by atoms with Gasteiger partial charge in [-0.3, -0.25) is 4.79 Å². The van der Waals surface area contributed by atoms with E-state index in [0.29, 0.717) is 48.4 Å². The van der Waals surface area contributed by atoms with Gasteiger partial charge < -0.3 is 18.9 Å². The smallest absolute Gasteiger partial charge is 0.189 e. The van der Waals surface area contributed by atoms with Crippen molar-refractivity contribution in [1.29, 1.82) is 0 Å². The molecular formula is C32H30O5. The van der Waals surface area contributed by atoms with Crippen molar-refractivity contribution in [3.05, 3.63) is 125 Å². The second-order valence-corrected chi connectivity index (χ2v) is 8.24. The molecule has 37 heavy (non-hydrogen) atoms. The SMILES string of the molecule is CCOc1cc(OC)ccc1C(=O)C=Cc1ccc(OCc2ccccc2)cc1OCc1ccccc1. The number of ether oxygens (including phenoxy) is 4. The maximum Gasteiger partial charge on any atom is 0.189 e. The summed E-state index contributed by atoms with van der Waals surface area (Å²) in [5, 5.41) is 0. The summed E-state index contributed by atoms with van der Waals surface area (Å²) < 4.78 is 23.1. The lowest BCUT2D eigenvalue weighted by Crippen LogP contribution is -2.02. The van der Waals surface area contributed by atoms with Gasteiger partial charge in [0.25, 0.3) is 0 Å². The van der Waals surface area contributed by atoms with Gasteiger partial charge in [-0.15, -0.1) is 0 Å². The fraction of sp³-hybridized carbons (Fsp3) is 0.156. The van der Waals surface area contributed by atoms with Crippen LogP contribution in [0.5, 0.6) is 23.0 Å². The number of hydrogen-bond donors (Lipinski definition) is 0. The summed E-state index contributed by atoms with van der Waals surface area (Å²) in [6.07, 6.45) is 3.28. The first-order chi connectivity index (χ1) is 18.2. The van der Waals surface area contributed by atoms with Crippen LogP contribution >= 0.6 is 0 Å². The fourth-order valence-electron chi connectivity index (χ4n) is 3.71.